The Morgan fingerprint density at radius 3 is 2.66 bits per heavy atom. The summed E-state index contributed by atoms with van der Waals surface area (Å²) in [5, 5.41) is 3.06. The smallest absolute Gasteiger partial charge is 0.311 e. The molecule has 1 aliphatic heterocycles. The highest BCUT2D eigenvalue weighted by atomic mass is 35.5. The van der Waals surface area contributed by atoms with Gasteiger partial charge in [0.15, 0.2) is 6.61 Å². The van der Waals surface area contributed by atoms with Gasteiger partial charge in [0.25, 0.3) is 5.91 Å². The first-order valence-corrected chi connectivity index (χ1v) is 9.80. The van der Waals surface area contributed by atoms with E-state index in [1.807, 2.05) is 32.0 Å². The summed E-state index contributed by atoms with van der Waals surface area (Å²) in [6.07, 6.45) is 0.0496. The zero-order valence-electron chi connectivity index (χ0n) is 16.0. The number of esters is 1. The molecule has 1 fully saturated rings. The Bertz CT molecular complexity index is 977. The predicted molar refractivity (Wildman–Crippen MR) is 112 cm³/mol. The van der Waals surface area contributed by atoms with E-state index in [1.54, 1.807) is 23.1 Å². The first-order chi connectivity index (χ1) is 13.8. The van der Waals surface area contributed by atoms with Crippen molar-refractivity contribution in [2.24, 2.45) is 5.92 Å². The molecule has 0 aromatic heterocycles. The lowest BCUT2D eigenvalue weighted by molar-refractivity contribution is -0.151. The van der Waals surface area contributed by atoms with Crippen molar-refractivity contribution >= 4 is 52.4 Å². The van der Waals surface area contributed by atoms with E-state index in [4.69, 9.17) is 27.9 Å². The van der Waals surface area contributed by atoms with Gasteiger partial charge in [-0.05, 0) is 43.2 Å². The van der Waals surface area contributed by atoms with Crippen molar-refractivity contribution < 1.29 is 19.1 Å². The molecular weight excluding hydrogens is 415 g/mol. The highest BCUT2D eigenvalue weighted by Gasteiger charge is 2.37. The van der Waals surface area contributed by atoms with Gasteiger partial charge < -0.3 is 15.0 Å². The maximum atomic E-state index is 12.4. The van der Waals surface area contributed by atoms with Crippen molar-refractivity contribution in [1.82, 2.24) is 0 Å². The topological polar surface area (TPSA) is 75.7 Å². The van der Waals surface area contributed by atoms with E-state index < -0.39 is 24.4 Å². The average Bonchev–Trinajstić information content (AvgIpc) is 3.07. The molecule has 1 saturated heterocycles. The van der Waals surface area contributed by atoms with Crippen LogP contribution < -0.4 is 10.2 Å². The van der Waals surface area contributed by atoms with Crippen LogP contribution in [-0.4, -0.2) is 30.9 Å². The van der Waals surface area contributed by atoms with Crippen molar-refractivity contribution in [3.05, 3.63) is 57.6 Å². The fourth-order valence-corrected chi connectivity index (χ4v) is 3.52. The molecule has 0 saturated carbocycles. The molecule has 3 rings (SSSR count). The summed E-state index contributed by atoms with van der Waals surface area (Å²) in [5.74, 6) is -1.89. The summed E-state index contributed by atoms with van der Waals surface area (Å²) in [7, 11) is 0. The normalized spacial score (nSPS) is 16.1. The minimum atomic E-state index is -0.620. The third kappa shape index (κ3) is 4.71. The van der Waals surface area contributed by atoms with Gasteiger partial charge in [0, 0.05) is 18.7 Å². The van der Waals surface area contributed by atoms with Crippen LogP contribution in [0.3, 0.4) is 0 Å². The number of nitrogens with zero attached hydrogens (tertiary/aromatic N) is 1. The first kappa shape index (κ1) is 21.1. The number of nitrogens with one attached hydrogen (secondary N) is 1. The van der Waals surface area contributed by atoms with Crippen molar-refractivity contribution in [1.29, 1.82) is 0 Å². The largest absolute Gasteiger partial charge is 0.455 e. The molecule has 8 heteroatoms. The SMILES string of the molecule is Cc1cccc(N2C[C@@H](C(=O)OCC(=O)Nc3cccc(Cl)c3Cl)CC2=O)c1C. The van der Waals surface area contributed by atoms with Gasteiger partial charge in [0.2, 0.25) is 5.91 Å². The molecule has 2 aromatic rings. The van der Waals surface area contributed by atoms with Crippen molar-refractivity contribution in [3.8, 4) is 0 Å². The van der Waals surface area contributed by atoms with Crippen LogP contribution in [0.4, 0.5) is 11.4 Å². The maximum absolute atomic E-state index is 12.4. The number of carbonyl (C=O) groups is 3. The van der Waals surface area contributed by atoms with Crippen LogP contribution in [0.5, 0.6) is 0 Å². The summed E-state index contributed by atoms with van der Waals surface area (Å²) in [6, 6.07) is 10.5. The van der Waals surface area contributed by atoms with Crippen molar-refractivity contribution in [2.75, 3.05) is 23.4 Å². The summed E-state index contributed by atoms with van der Waals surface area (Å²) >= 11 is 11.9. The van der Waals surface area contributed by atoms with Crippen LogP contribution >= 0.6 is 23.2 Å². The Morgan fingerprint density at radius 2 is 1.90 bits per heavy atom. The van der Waals surface area contributed by atoms with E-state index in [9.17, 15) is 14.4 Å². The molecule has 0 spiro atoms. The number of halogens is 2. The highest BCUT2D eigenvalue weighted by Crippen LogP contribution is 2.31. The molecule has 152 valence electrons. The van der Waals surface area contributed by atoms with E-state index in [2.05, 4.69) is 5.32 Å². The lowest BCUT2D eigenvalue weighted by Crippen LogP contribution is -2.28. The third-order valence-corrected chi connectivity index (χ3v) is 5.72. The Labute approximate surface area is 178 Å². The Hall–Kier alpha value is -2.57. The minimum absolute atomic E-state index is 0.0496. The molecule has 0 radical (unpaired) electrons. The number of aryl methyl sites for hydroxylation is 1. The minimum Gasteiger partial charge on any atom is -0.455 e. The first-order valence-electron chi connectivity index (χ1n) is 9.05. The molecule has 0 aliphatic carbocycles. The average molecular weight is 435 g/mol. The van der Waals surface area contributed by atoms with Crippen LogP contribution in [-0.2, 0) is 19.1 Å². The number of hydrogen-bond donors (Lipinski definition) is 1. The number of amides is 2. The number of rotatable bonds is 5. The Balaban J connectivity index is 1.57. The standard InChI is InChI=1S/C21H20Cl2N2O4/c1-12-5-3-8-17(13(12)2)25-10-14(9-19(25)27)21(28)29-11-18(26)24-16-7-4-6-15(22)20(16)23/h3-8,14H,9-11H2,1-2H3,(H,24,26)/t14-/m0/s1. The van der Waals surface area contributed by atoms with E-state index in [1.165, 1.54) is 0 Å². The van der Waals surface area contributed by atoms with Gasteiger partial charge in [0.1, 0.15) is 0 Å². The molecule has 1 N–H and O–H groups in total. The molecule has 1 atom stereocenters. The fourth-order valence-electron chi connectivity index (χ4n) is 3.17. The quantitative estimate of drug-likeness (QED) is 0.717. The van der Waals surface area contributed by atoms with Crippen LogP contribution in [0.1, 0.15) is 17.5 Å². The number of ether oxygens (including phenoxy) is 1. The predicted octanol–water partition coefficient (Wildman–Crippen LogP) is 4.15. The summed E-state index contributed by atoms with van der Waals surface area (Å²) in [5.41, 5.74) is 3.18. The monoisotopic (exact) mass is 434 g/mol. The molecule has 1 heterocycles. The second-order valence-electron chi connectivity index (χ2n) is 6.88. The fraction of sp³-hybridized carbons (Fsp3) is 0.286. The van der Waals surface area contributed by atoms with Crippen LogP contribution in [0.15, 0.2) is 36.4 Å². The Morgan fingerprint density at radius 1 is 1.17 bits per heavy atom. The van der Waals surface area contributed by atoms with Gasteiger partial charge in [-0.2, -0.15) is 0 Å². The molecule has 0 unspecified atom stereocenters. The Kier molecular flexibility index (Phi) is 6.45. The number of anilines is 2. The molecule has 2 amide bonds. The van der Waals surface area contributed by atoms with Crippen LogP contribution in [0.25, 0.3) is 0 Å². The zero-order chi connectivity index (χ0) is 21.1. The number of hydrogen-bond acceptors (Lipinski definition) is 4. The van der Waals surface area contributed by atoms with Crippen LogP contribution in [0.2, 0.25) is 10.0 Å². The zero-order valence-corrected chi connectivity index (χ0v) is 17.5. The van der Waals surface area contributed by atoms with Crippen LogP contribution in [0, 0.1) is 19.8 Å². The third-order valence-electron chi connectivity index (χ3n) is 4.90. The van der Waals surface area contributed by atoms with Gasteiger partial charge in [-0.1, -0.05) is 41.4 Å². The van der Waals surface area contributed by atoms with Gasteiger partial charge in [-0.15, -0.1) is 0 Å². The van der Waals surface area contributed by atoms with E-state index in [-0.39, 0.29) is 23.9 Å². The summed E-state index contributed by atoms with van der Waals surface area (Å²) in [4.78, 5) is 38.4. The molecule has 1 aliphatic rings. The molecular formula is C21H20Cl2N2O4. The molecule has 0 bridgehead atoms. The highest BCUT2D eigenvalue weighted by molar-refractivity contribution is 6.44. The van der Waals surface area contributed by atoms with Gasteiger partial charge in [0.05, 0.1) is 21.7 Å². The second-order valence-corrected chi connectivity index (χ2v) is 7.67. The lowest BCUT2D eigenvalue weighted by atomic mass is 10.1. The van der Waals surface area contributed by atoms with E-state index in [0.717, 1.165) is 16.8 Å². The second kappa shape index (κ2) is 8.84. The molecule has 29 heavy (non-hydrogen) atoms. The molecule has 2 aromatic carbocycles. The summed E-state index contributed by atoms with van der Waals surface area (Å²) < 4.78 is 5.11. The maximum Gasteiger partial charge on any atom is 0.311 e. The van der Waals surface area contributed by atoms with Crippen molar-refractivity contribution in [2.45, 2.75) is 20.3 Å². The number of benzene rings is 2. The van der Waals surface area contributed by atoms with Crippen molar-refractivity contribution in [3.63, 3.8) is 0 Å². The van der Waals surface area contributed by atoms with Gasteiger partial charge in [-0.3, -0.25) is 14.4 Å². The lowest BCUT2D eigenvalue weighted by Gasteiger charge is -2.20. The number of carbonyl (C=O) groups excluding carboxylic acids is 3. The molecule has 6 nitrogen and oxygen atoms in total. The van der Waals surface area contributed by atoms with Gasteiger partial charge >= 0.3 is 5.97 Å². The van der Waals surface area contributed by atoms with Gasteiger partial charge in [-0.25, -0.2) is 0 Å². The van der Waals surface area contributed by atoms with E-state index >= 15 is 0 Å². The summed E-state index contributed by atoms with van der Waals surface area (Å²) in [6.45, 7) is 3.66. The van der Waals surface area contributed by atoms with E-state index in [0.29, 0.717) is 10.7 Å².